The van der Waals surface area contributed by atoms with Gasteiger partial charge in [0.05, 0.1) is 18.8 Å². The number of rotatable bonds is 11. The van der Waals surface area contributed by atoms with E-state index in [-0.39, 0.29) is 6.10 Å². The van der Waals surface area contributed by atoms with Gasteiger partial charge in [-0.3, -0.25) is 4.90 Å². The molecule has 0 aliphatic heterocycles. The van der Waals surface area contributed by atoms with Crippen molar-refractivity contribution in [2.24, 2.45) is 0 Å². The molecule has 0 heterocycles. The lowest BCUT2D eigenvalue weighted by atomic mass is 10.0. The van der Waals surface area contributed by atoms with E-state index in [0.717, 1.165) is 26.1 Å². The first-order chi connectivity index (χ1) is 10.9. The number of benzene rings is 1. The highest BCUT2D eigenvalue weighted by Crippen LogP contribution is 2.14. The van der Waals surface area contributed by atoms with E-state index < -0.39 is 6.10 Å². The molecule has 0 saturated carbocycles. The maximum atomic E-state index is 10.2. The summed E-state index contributed by atoms with van der Waals surface area (Å²) < 4.78 is 10.7. The van der Waals surface area contributed by atoms with E-state index in [4.69, 9.17) is 9.47 Å². The summed E-state index contributed by atoms with van der Waals surface area (Å²) in [5.41, 5.74) is 3.88. The molecule has 132 valence electrons. The predicted octanol–water partition coefficient (Wildman–Crippen LogP) is 2.93. The summed E-state index contributed by atoms with van der Waals surface area (Å²) in [5, 5.41) is 10.2. The molecule has 1 unspecified atom stereocenters. The molecule has 4 nitrogen and oxygen atoms in total. The van der Waals surface area contributed by atoms with Crippen LogP contribution in [0.5, 0.6) is 0 Å². The summed E-state index contributed by atoms with van der Waals surface area (Å²) in [6, 6.07) is 6.53. The lowest BCUT2D eigenvalue weighted by molar-refractivity contribution is -0.0103. The second kappa shape index (κ2) is 10.8. The molecule has 0 spiro atoms. The van der Waals surface area contributed by atoms with Crippen LogP contribution in [-0.2, 0) is 16.0 Å². The summed E-state index contributed by atoms with van der Waals surface area (Å²) in [4.78, 5) is 2.29. The van der Waals surface area contributed by atoms with Gasteiger partial charge in [0, 0.05) is 33.4 Å². The molecule has 0 aliphatic carbocycles. The fourth-order valence-electron chi connectivity index (χ4n) is 2.53. The second-order valence-corrected chi connectivity index (χ2v) is 6.55. The Hall–Kier alpha value is -0.940. The molecule has 1 aromatic carbocycles. The third kappa shape index (κ3) is 8.47. The van der Waals surface area contributed by atoms with Gasteiger partial charge in [-0.15, -0.1) is 0 Å². The monoisotopic (exact) mass is 323 g/mol. The summed E-state index contributed by atoms with van der Waals surface area (Å²) in [7, 11) is 1.72. The van der Waals surface area contributed by atoms with Crippen molar-refractivity contribution in [2.45, 2.75) is 52.9 Å². The molecule has 0 amide bonds. The lowest BCUT2D eigenvalue weighted by Gasteiger charge is -2.26. The molecule has 1 atom stereocenters. The van der Waals surface area contributed by atoms with Crippen LogP contribution in [0, 0.1) is 13.8 Å². The first-order valence-corrected chi connectivity index (χ1v) is 8.49. The number of aliphatic hydroxyl groups is 1. The molecule has 1 aromatic rings. The maximum absolute atomic E-state index is 10.2. The third-order valence-corrected chi connectivity index (χ3v) is 3.81. The average Bonchev–Trinajstić information content (AvgIpc) is 2.49. The molecule has 4 heteroatoms. The Kier molecular flexibility index (Phi) is 9.41. The molecule has 0 saturated heterocycles. The van der Waals surface area contributed by atoms with Crippen LogP contribution in [-0.4, -0.2) is 55.6 Å². The van der Waals surface area contributed by atoms with Crippen molar-refractivity contribution in [3.8, 4) is 0 Å². The van der Waals surface area contributed by atoms with Crippen LogP contribution in [0.1, 0.15) is 37.0 Å². The van der Waals surface area contributed by atoms with Gasteiger partial charge in [0.15, 0.2) is 0 Å². The zero-order chi connectivity index (χ0) is 17.2. The van der Waals surface area contributed by atoms with Crippen molar-refractivity contribution in [2.75, 3.05) is 33.4 Å². The smallest absolute Gasteiger partial charge is 0.0900 e. The van der Waals surface area contributed by atoms with E-state index in [0.29, 0.717) is 13.2 Å². The maximum Gasteiger partial charge on any atom is 0.0900 e. The first-order valence-electron chi connectivity index (χ1n) is 8.49. The summed E-state index contributed by atoms with van der Waals surface area (Å²) in [6.45, 7) is 11.7. The van der Waals surface area contributed by atoms with Gasteiger partial charge in [0.25, 0.3) is 0 Å². The van der Waals surface area contributed by atoms with Crippen LogP contribution in [0.15, 0.2) is 18.2 Å². The molecule has 0 fully saturated rings. The minimum atomic E-state index is -0.468. The first kappa shape index (κ1) is 20.1. The SMILES string of the molecule is COCCCN(Cc1cc(C)ccc1C)CC(O)COC(C)C. The van der Waals surface area contributed by atoms with Crippen LogP contribution >= 0.6 is 0 Å². The molecular formula is C19H33NO3. The van der Waals surface area contributed by atoms with E-state index >= 15 is 0 Å². The number of ether oxygens (including phenoxy) is 2. The van der Waals surface area contributed by atoms with Gasteiger partial charge in [-0.25, -0.2) is 0 Å². The number of hydrogen-bond donors (Lipinski definition) is 1. The van der Waals surface area contributed by atoms with Gasteiger partial charge in [-0.05, 0) is 45.2 Å². The Balaban J connectivity index is 2.65. The summed E-state index contributed by atoms with van der Waals surface area (Å²) in [6.07, 6.45) is 0.634. The van der Waals surface area contributed by atoms with Crippen molar-refractivity contribution in [1.29, 1.82) is 0 Å². The van der Waals surface area contributed by atoms with Gasteiger partial charge >= 0.3 is 0 Å². The standard InChI is InChI=1S/C19H33NO3/c1-15(2)23-14-19(21)13-20(9-6-10-22-5)12-18-11-16(3)7-8-17(18)4/h7-8,11,15,19,21H,6,9-10,12-14H2,1-5H3. The Morgan fingerprint density at radius 1 is 1.22 bits per heavy atom. The van der Waals surface area contributed by atoms with Gasteiger partial charge < -0.3 is 14.6 Å². The zero-order valence-corrected chi connectivity index (χ0v) is 15.3. The average molecular weight is 323 g/mol. The van der Waals surface area contributed by atoms with E-state index in [2.05, 4.69) is 36.9 Å². The Bertz CT molecular complexity index is 448. The molecule has 0 aromatic heterocycles. The largest absolute Gasteiger partial charge is 0.389 e. The van der Waals surface area contributed by atoms with Crippen LogP contribution in [0.3, 0.4) is 0 Å². The number of methoxy groups -OCH3 is 1. The fourth-order valence-corrected chi connectivity index (χ4v) is 2.53. The summed E-state index contributed by atoms with van der Waals surface area (Å²) in [5.74, 6) is 0. The summed E-state index contributed by atoms with van der Waals surface area (Å²) >= 11 is 0. The highest BCUT2D eigenvalue weighted by molar-refractivity contribution is 5.30. The number of aryl methyl sites for hydroxylation is 2. The van der Waals surface area contributed by atoms with Crippen molar-refractivity contribution in [1.82, 2.24) is 4.90 Å². The topological polar surface area (TPSA) is 41.9 Å². The van der Waals surface area contributed by atoms with E-state index in [1.54, 1.807) is 7.11 Å². The molecule has 1 rings (SSSR count). The van der Waals surface area contributed by atoms with Gasteiger partial charge in [-0.2, -0.15) is 0 Å². The molecule has 0 bridgehead atoms. The highest BCUT2D eigenvalue weighted by atomic mass is 16.5. The van der Waals surface area contributed by atoms with E-state index in [1.807, 2.05) is 13.8 Å². The van der Waals surface area contributed by atoms with Crippen molar-refractivity contribution in [3.05, 3.63) is 34.9 Å². The lowest BCUT2D eigenvalue weighted by Crippen LogP contribution is -2.36. The van der Waals surface area contributed by atoms with Crippen LogP contribution in [0.4, 0.5) is 0 Å². The molecule has 1 N–H and O–H groups in total. The Morgan fingerprint density at radius 3 is 2.61 bits per heavy atom. The van der Waals surface area contributed by atoms with Crippen molar-refractivity contribution >= 4 is 0 Å². The molecular weight excluding hydrogens is 290 g/mol. The number of hydrogen-bond acceptors (Lipinski definition) is 4. The van der Waals surface area contributed by atoms with E-state index in [9.17, 15) is 5.11 Å². The van der Waals surface area contributed by atoms with Crippen LogP contribution in [0.2, 0.25) is 0 Å². The van der Waals surface area contributed by atoms with Gasteiger partial charge in [0.2, 0.25) is 0 Å². The fraction of sp³-hybridized carbons (Fsp3) is 0.684. The number of aliphatic hydroxyl groups excluding tert-OH is 1. The minimum Gasteiger partial charge on any atom is -0.389 e. The van der Waals surface area contributed by atoms with Crippen LogP contribution in [0.25, 0.3) is 0 Å². The van der Waals surface area contributed by atoms with Gasteiger partial charge in [-0.1, -0.05) is 23.8 Å². The normalized spacial score (nSPS) is 13.0. The Morgan fingerprint density at radius 2 is 1.96 bits per heavy atom. The second-order valence-electron chi connectivity index (χ2n) is 6.55. The van der Waals surface area contributed by atoms with Crippen molar-refractivity contribution < 1.29 is 14.6 Å². The van der Waals surface area contributed by atoms with Crippen LogP contribution < -0.4 is 0 Å². The Labute approximate surface area is 141 Å². The van der Waals surface area contributed by atoms with Crippen molar-refractivity contribution in [3.63, 3.8) is 0 Å². The molecule has 23 heavy (non-hydrogen) atoms. The minimum absolute atomic E-state index is 0.144. The quantitative estimate of drug-likeness (QED) is 0.636. The molecule has 0 aliphatic rings. The highest BCUT2D eigenvalue weighted by Gasteiger charge is 2.14. The van der Waals surface area contributed by atoms with Gasteiger partial charge in [0.1, 0.15) is 0 Å². The predicted molar refractivity (Wildman–Crippen MR) is 94.8 cm³/mol. The van der Waals surface area contributed by atoms with E-state index in [1.165, 1.54) is 16.7 Å². The number of nitrogens with zero attached hydrogens (tertiary/aromatic N) is 1. The third-order valence-electron chi connectivity index (χ3n) is 3.81. The zero-order valence-electron chi connectivity index (χ0n) is 15.3. The molecule has 0 radical (unpaired) electrons.